The number of likely N-dealkylation sites (N-methyl/N-ethyl adjacent to an activating group) is 1. The average Bonchev–Trinajstić information content (AvgIpc) is 2.89. The number of rotatable bonds is 3. The Hall–Kier alpha value is -2.27. The first-order valence-corrected chi connectivity index (χ1v) is 10.9. The highest BCUT2D eigenvalue weighted by Crippen LogP contribution is 2.55. The topological polar surface area (TPSA) is 49.3 Å². The number of likely N-dealkylation sites (tertiary alicyclic amines) is 2. The zero-order valence-electron chi connectivity index (χ0n) is 17.4. The van der Waals surface area contributed by atoms with Gasteiger partial charge in [0.1, 0.15) is 0 Å². The zero-order valence-corrected chi connectivity index (χ0v) is 17.4. The Morgan fingerprint density at radius 2 is 1.76 bits per heavy atom. The van der Waals surface area contributed by atoms with E-state index in [-0.39, 0.29) is 23.4 Å². The molecule has 5 nitrogen and oxygen atoms in total. The Balaban J connectivity index is 1.56. The van der Waals surface area contributed by atoms with Gasteiger partial charge < -0.3 is 4.90 Å². The Kier molecular flexibility index (Phi) is 4.66. The summed E-state index contributed by atoms with van der Waals surface area (Å²) < 4.78 is 0. The minimum Gasteiger partial charge on any atom is -0.328 e. The van der Waals surface area contributed by atoms with Crippen LogP contribution in [0.15, 0.2) is 48.8 Å². The van der Waals surface area contributed by atoms with Crippen LogP contribution in [-0.2, 0) is 6.42 Å². The lowest BCUT2D eigenvalue weighted by molar-refractivity contribution is 0.0155. The van der Waals surface area contributed by atoms with Crippen LogP contribution in [-0.4, -0.2) is 56.9 Å². The van der Waals surface area contributed by atoms with E-state index in [2.05, 4.69) is 64.1 Å². The van der Waals surface area contributed by atoms with E-state index in [1.807, 2.05) is 0 Å². The van der Waals surface area contributed by atoms with Crippen molar-refractivity contribution in [1.29, 1.82) is 0 Å². The number of carbonyl (C=O) groups excluding carboxylic acids is 1. The van der Waals surface area contributed by atoms with Gasteiger partial charge in [-0.1, -0.05) is 50.1 Å². The molecule has 1 aliphatic carbocycles. The largest absolute Gasteiger partial charge is 0.328 e. The average molecular weight is 391 g/mol. The summed E-state index contributed by atoms with van der Waals surface area (Å²) in [6, 6.07) is 13.8. The molecule has 1 aromatic heterocycles. The van der Waals surface area contributed by atoms with Gasteiger partial charge in [-0.2, -0.15) is 0 Å². The van der Waals surface area contributed by atoms with Gasteiger partial charge in [-0.25, -0.2) is 9.97 Å². The Morgan fingerprint density at radius 3 is 2.48 bits per heavy atom. The van der Waals surface area contributed by atoms with Crippen molar-refractivity contribution in [2.45, 2.75) is 69.6 Å². The van der Waals surface area contributed by atoms with Crippen LogP contribution in [0.5, 0.6) is 0 Å². The summed E-state index contributed by atoms with van der Waals surface area (Å²) in [6.45, 7) is 2.43. The lowest BCUT2D eigenvalue weighted by Crippen LogP contribution is -2.58. The molecule has 5 heteroatoms. The molecule has 0 radical (unpaired) electrons. The zero-order chi connectivity index (χ0) is 20.0. The molecular formula is C24H30N4O. The highest BCUT2D eigenvalue weighted by molar-refractivity contribution is 5.91. The second kappa shape index (κ2) is 7.21. The van der Waals surface area contributed by atoms with Crippen LogP contribution in [0.1, 0.15) is 55.2 Å². The summed E-state index contributed by atoms with van der Waals surface area (Å²) in [4.78, 5) is 27.0. The van der Waals surface area contributed by atoms with Crippen LogP contribution >= 0.6 is 0 Å². The lowest BCUT2D eigenvalue weighted by Gasteiger charge is -2.49. The second-order valence-electron chi connectivity index (χ2n) is 9.30. The Labute approximate surface area is 173 Å². The third kappa shape index (κ3) is 2.98. The fraction of sp³-hybridized carbons (Fsp3) is 0.542. The molecule has 5 rings (SSSR count). The highest BCUT2D eigenvalue weighted by atomic mass is 16.2. The van der Waals surface area contributed by atoms with Gasteiger partial charge in [0.15, 0.2) is 0 Å². The van der Waals surface area contributed by atoms with Gasteiger partial charge in [-0.15, -0.1) is 0 Å². The third-order valence-corrected chi connectivity index (χ3v) is 7.81. The van der Waals surface area contributed by atoms with Gasteiger partial charge in [0.2, 0.25) is 5.82 Å². The summed E-state index contributed by atoms with van der Waals surface area (Å²) >= 11 is 0. The van der Waals surface area contributed by atoms with Gasteiger partial charge in [0.05, 0.1) is 0 Å². The van der Waals surface area contributed by atoms with Crippen LogP contribution in [0.2, 0.25) is 0 Å². The van der Waals surface area contributed by atoms with Gasteiger partial charge >= 0.3 is 0 Å². The van der Waals surface area contributed by atoms with E-state index in [0.717, 1.165) is 19.3 Å². The predicted octanol–water partition coefficient (Wildman–Crippen LogP) is 3.57. The number of hydrogen-bond donors (Lipinski definition) is 0. The molecular weight excluding hydrogens is 360 g/mol. The molecule has 2 bridgehead atoms. The standard InChI is InChI=1S/C24H30N4O/c1-24-16-19-18(15-17-9-4-3-5-10-17)27(2)20(24)11-6-7-12-21(24)28(19)23(29)22-25-13-8-14-26-22/h3-5,8-10,13-14,18-21H,6-7,11-12,15-16H2,1-2H3/t18-,19-,20+,21-,24+/m0/s1. The van der Waals surface area contributed by atoms with Crippen molar-refractivity contribution in [1.82, 2.24) is 19.8 Å². The first kappa shape index (κ1) is 18.7. The summed E-state index contributed by atoms with van der Waals surface area (Å²) in [5.41, 5.74) is 1.49. The lowest BCUT2D eigenvalue weighted by atomic mass is 9.69. The number of hydrogen-bond acceptors (Lipinski definition) is 4. The van der Waals surface area contributed by atoms with Crippen molar-refractivity contribution in [3.8, 4) is 0 Å². The molecule has 0 spiro atoms. The number of amides is 1. The smallest absolute Gasteiger partial charge is 0.292 e. The van der Waals surface area contributed by atoms with Crippen molar-refractivity contribution in [3.05, 3.63) is 60.2 Å². The van der Waals surface area contributed by atoms with Gasteiger partial charge in [0, 0.05) is 42.0 Å². The van der Waals surface area contributed by atoms with Crippen LogP contribution in [0.3, 0.4) is 0 Å². The summed E-state index contributed by atoms with van der Waals surface area (Å²) in [5.74, 6) is 0.351. The molecule has 2 aliphatic heterocycles. The second-order valence-corrected chi connectivity index (χ2v) is 9.30. The molecule has 3 heterocycles. The molecule has 5 atom stereocenters. The van der Waals surface area contributed by atoms with Gasteiger partial charge in [0.25, 0.3) is 5.91 Å². The molecule has 29 heavy (non-hydrogen) atoms. The molecule has 0 N–H and O–H groups in total. The molecule has 2 aromatic rings. The number of fused-ring (bicyclic) bond motifs is 1. The van der Waals surface area contributed by atoms with Crippen LogP contribution in [0, 0.1) is 5.41 Å². The fourth-order valence-corrected chi connectivity index (χ4v) is 6.51. The van der Waals surface area contributed by atoms with Crippen molar-refractivity contribution in [2.75, 3.05) is 7.05 Å². The Bertz CT molecular complexity index is 873. The normalized spacial score (nSPS) is 34.1. The van der Waals surface area contributed by atoms with Crippen molar-refractivity contribution in [3.63, 3.8) is 0 Å². The van der Waals surface area contributed by atoms with E-state index in [0.29, 0.717) is 17.9 Å². The maximum absolute atomic E-state index is 13.6. The van der Waals surface area contributed by atoms with E-state index in [9.17, 15) is 4.79 Å². The van der Waals surface area contributed by atoms with Gasteiger partial charge in [-0.05, 0) is 44.4 Å². The van der Waals surface area contributed by atoms with E-state index < -0.39 is 0 Å². The summed E-state index contributed by atoms with van der Waals surface area (Å²) in [5, 5.41) is 0. The maximum Gasteiger partial charge on any atom is 0.292 e. The summed E-state index contributed by atoms with van der Waals surface area (Å²) in [6.07, 6.45) is 10.2. The molecule has 3 aliphatic rings. The molecule has 3 fully saturated rings. The number of benzene rings is 1. The van der Waals surface area contributed by atoms with E-state index >= 15 is 0 Å². The minimum absolute atomic E-state index is 0.0123. The number of aromatic nitrogens is 2. The number of nitrogens with zero attached hydrogens (tertiary/aromatic N) is 4. The van der Waals surface area contributed by atoms with Crippen molar-refractivity contribution in [2.24, 2.45) is 5.41 Å². The molecule has 1 saturated carbocycles. The number of carbonyl (C=O) groups is 1. The van der Waals surface area contributed by atoms with E-state index in [4.69, 9.17) is 0 Å². The van der Waals surface area contributed by atoms with E-state index in [1.165, 1.54) is 24.8 Å². The molecule has 1 aromatic carbocycles. The molecule has 1 amide bonds. The maximum atomic E-state index is 13.6. The Morgan fingerprint density at radius 1 is 1.07 bits per heavy atom. The highest BCUT2D eigenvalue weighted by Gasteiger charge is 2.62. The fourth-order valence-electron chi connectivity index (χ4n) is 6.51. The minimum atomic E-state index is 0.0123. The van der Waals surface area contributed by atoms with E-state index in [1.54, 1.807) is 18.5 Å². The monoisotopic (exact) mass is 390 g/mol. The quantitative estimate of drug-likeness (QED) is 0.804. The van der Waals surface area contributed by atoms with Gasteiger partial charge in [-0.3, -0.25) is 9.69 Å². The molecule has 0 unspecified atom stereocenters. The van der Waals surface area contributed by atoms with Crippen LogP contribution in [0.4, 0.5) is 0 Å². The van der Waals surface area contributed by atoms with Crippen LogP contribution < -0.4 is 0 Å². The third-order valence-electron chi connectivity index (χ3n) is 7.81. The van der Waals surface area contributed by atoms with Crippen molar-refractivity contribution < 1.29 is 4.79 Å². The van der Waals surface area contributed by atoms with Crippen molar-refractivity contribution >= 4 is 5.91 Å². The SMILES string of the molecule is CN1[C@@H](Cc2ccccc2)[C@@H]2C[C@@]3(C)[C@H](CCCC[C@@H]13)N2C(=O)c1ncccn1. The predicted molar refractivity (Wildman–Crippen MR) is 112 cm³/mol. The molecule has 152 valence electrons. The summed E-state index contributed by atoms with van der Waals surface area (Å²) in [7, 11) is 2.29. The van der Waals surface area contributed by atoms with Crippen LogP contribution in [0.25, 0.3) is 0 Å². The number of piperidine rings is 1. The first-order chi connectivity index (χ1) is 14.1. The first-order valence-electron chi connectivity index (χ1n) is 10.9. The molecule has 2 saturated heterocycles.